The van der Waals surface area contributed by atoms with E-state index in [1.54, 1.807) is 0 Å². The standard InChI is InChI=1S/C6H2F12O3S/c7-1-2(8,9)21-22(19,20)6(17,18)4(12,13)3(10,11)5(14,15)16/h1H2. The first-order chi connectivity index (χ1) is 9.27. The fourth-order valence-electron chi connectivity index (χ4n) is 0.753. The Morgan fingerprint density at radius 2 is 1.09 bits per heavy atom. The summed E-state index contributed by atoms with van der Waals surface area (Å²) in [7, 11) is -7.78. The van der Waals surface area contributed by atoms with E-state index in [1.807, 2.05) is 4.18 Å². The molecule has 0 aromatic rings. The zero-order valence-electron chi connectivity index (χ0n) is 9.38. The molecule has 0 bridgehead atoms. The number of rotatable bonds is 6. The Bertz CT molecular complexity index is 505. The Morgan fingerprint density at radius 1 is 0.727 bits per heavy atom. The second-order valence-corrected chi connectivity index (χ2v) is 5.06. The van der Waals surface area contributed by atoms with E-state index in [2.05, 4.69) is 0 Å². The van der Waals surface area contributed by atoms with Crippen LogP contribution in [0.25, 0.3) is 0 Å². The second-order valence-electron chi connectivity index (χ2n) is 3.47. The Kier molecular flexibility index (Phi) is 5.09. The summed E-state index contributed by atoms with van der Waals surface area (Å²) in [4.78, 5) is 0. The summed E-state index contributed by atoms with van der Waals surface area (Å²) < 4.78 is 169. The van der Waals surface area contributed by atoms with Crippen LogP contribution in [-0.2, 0) is 14.3 Å². The minimum absolute atomic E-state index is 1.97. The lowest BCUT2D eigenvalue weighted by molar-refractivity contribution is -0.383. The van der Waals surface area contributed by atoms with Gasteiger partial charge in [0.25, 0.3) is 0 Å². The molecule has 0 unspecified atom stereocenters. The molecule has 0 atom stereocenters. The molecule has 0 N–H and O–H groups in total. The molecular weight excluding hydrogens is 380 g/mol. The lowest BCUT2D eigenvalue weighted by Crippen LogP contribution is -2.63. The third-order valence-corrected chi connectivity index (χ3v) is 3.16. The van der Waals surface area contributed by atoms with Crippen molar-refractivity contribution < 1.29 is 65.3 Å². The average Bonchev–Trinajstić information content (AvgIpc) is 2.25. The largest absolute Gasteiger partial charge is 0.460 e. The summed E-state index contributed by atoms with van der Waals surface area (Å²) in [5.74, 6) is -15.4. The third-order valence-electron chi connectivity index (χ3n) is 1.82. The fraction of sp³-hybridized carbons (Fsp3) is 1.00. The van der Waals surface area contributed by atoms with Gasteiger partial charge in [0.2, 0.25) is 0 Å². The van der Waals surface area contributed by atoms with Gasteiger partial charge in [-0.2, -0.15) is 60.9 Å². The molecule has 0 heterocycles. The van der Waals surface area contributed by atoms with Gasteiger partial charge in [-0.3, -0.25) is 0 Å². The molecule has 0 spiro atoms. The van der Waals surface area contributed by atoms with E-state index >= 15 is 0 Å². The maximum Gasteiger partial charge on any atom is 0.460 e. The number of hydrogen-bond acceptors (Lipinski definition) is 3. The van der Waals surface area contributed by atoms with Crippen molar-refractivity contribution in [3.8, 4) is 0 Å². The number of hydrogen-bond donors (Lipinski definition) is 0. The van der Waals surface area contributed by atoms with Crippen LogP contribution in [0.15, 0.2) is 0 Å². The van der Waals surface area contributed by atoms with E-state index in [9.17, 15) is 61.1 Å². The van der Waals surface area contributed by atoms with E-state index < -0.39 is 46.2 Å². The molecule has 0 aliphatic carbocycles. The molecule has 0 saturated heterocycles. The van der Waals surface area contributed by atoms with Gasteiger partial charge in [0, 0.05) is 0 Å². The molecule has 0 aromatic heterocycles. The van der Waals surface area contributed by atoms with Crippen molar-refractivity contribution in [2.45, 2.75) is 29.4 Å². The molecule has 16 heteroatoms. The predicted molar refractivity (Wildman–Crippen MR) is 41.8 cm³/mol. The quantitative estimate of drug-likeness (QED) is 0.523. The Hall–Kier alpha value is -0.930. The lowest BCUT2D eigenvalue weighted by atomic mass is 10.1. The van der Waals surface area contributed by atoms with E-state index in [0.717, 1.165) is 0 Å². The summed E-state index contributed by atoms with van der Waals surface area (Å²) in [6, 6.07) is 0. The van der Waals surface area contributed by atoms with Crippen LogP contribution < -0.4 is 0 Å². The average molecular weight is 382 g/mol. The summed E-state index contributed by atoms with van der Waals surface area (Å²) in [5, 5.41) is -7.46. The third kappa shape index (κ3) is 3.21. The number of halogens is 12. The van der Waals surface area contributed by atoms with Gasteiger partial charge in [-0.15, -0.1) is 0 Å². The molecule has 134 valence electrons. The highest BCUT2D eigenvalue weighted by Crippen LogP contribution is 2.55. The molecule has 0 radical (unpaired) electrons. The van der Waals surface area contributed by atoms with Crippen LogP contribution in [0.2, 0.25) is 0 Å². The van der Waals surface area contributed by atoms with Crippen molar-refractivity contribution in [1.82, 2.24) is 0 Å². The summed E-state index contributed by atoms with van der Waals surface area (Å²) in [5.41, 5.74) is 0. The van der Waals surface area contributed by atoms with Gasteiger partial charge in [0.15, 0.2) is 6.67 Å². The van der Waals surface area contributed by atoms with E-state index in [-0.39, 0.29) is 0 Å². The zero-order valence-corrected chi connectivity index (χ0v) is 10.2. The highest BCUT2D eigenvalue weighted by Gasteiger charge is 2.86. The van der Waals surface area contributed by atoms with E-state index in [1.165, 1.54) is 0 Å². The zero-order chi connectivity index (χ0) is 18.4. The molecule has 22 heavy (non-hydrogen) atoms. The Labute approximate surface area is 112 Å². The van der Waals surface area contributed by atoms with E-state index in [0.29, 0.717) is 0 Å². The van der Waals surface area contributed by atoms with Gasteiger partial charge >= 0.3 is 39.5 Å². The SMILES string of the molecule is O=S(=O)(OC(F)(F)CF)C(F)(F)C(F)(F)C(F)(F)C(F)(F)F. The van der Waals surface area contributed by atoms with Crippen molar-refractivity contribution in [3.05, 3.63) is 0 Å². The molecule has 0 rings (SSSR count). The fourth-order valence-corrected chi connectivity index (χ4v) is 1.67. The van der Waals surface area contributed by atoms with Gasteiger partial charge in [-0.1, -0.05) is 0 Å². The van der Waals surface area contributed by atoms with E-state index in [4.69, 9.17) is 0 Å². The molecule has 0 aliphatic heterocycles. The van der Waals surface area contributed by atoms with Crippen LogP contribution in [-0.4, -0.2) is 44.5 Å². The highest BCUT2D eigenvalue weighted by atomic mass is 32.2. The molecule has 0 aromatic carbocycles. The first kappa shape index (κ1) is 21.1. The molecular formula is C6H2F12O3S. The van der Waals surface area contributed by atoms with Crippen molar-refractivity contribution in [2.75, 3.05) is 6.67 Å². The summed E-state index contributed by atoms with van der Waals surface area (Å²) in [6.45, 7) is -3.18. The normalized spacial score (nSPS) is 16.0. The smallest absolute Gasteiger partial charge is 0.241 e. The van der Waals surface area contributed by atoms with Crippen molar-refractivity contribution >= 4 is 10.1 Å². The van der Waals surface area contributed by atoms with Gasteiger partial charge in [0.1, 0.15) is 0 Å². The number of alkyl halides is 12. The first-order valence-electron chi connectivity index (χ1n) is 4.36. The van der Waals surface area contributed by atoms with Gasteiger partial charge in [-0.05, 0) is 0 Å². The van der Waals surface area contributed by atoms with Crippen LogP contribution in [0.3, 0.4) is 0 Å². The lowest BCUT2D eigenvalue weighted by Gasteiger charge is -2.32. The maximum absolute atomic E-state index is 12.8. The summed E-state index contributed by atoms with van der Waals surface area (Å²) >= 11 is 0. The Balaban J connectivity index is 6.02. The van der Waals surface area contributed by atoms with Crippen LogP contribution in [0.1, 0.15) is 0 Å². The second kappa shape index (κ2) is 5.31. The van der Waals surface area contributed by atoms with Gasteiger partial charge in [0.05, 0.1) is 0 Å². The van der Waals surface area contributed by atoms with Gasteiger partial charge < -0.3 is 0 Å². The first-order valence-corrected chi connectivity index (χ1v) is 5.77. The molecule has 0 saturated carbocycles. The van der Waals surface area contributed by atoms with Crippen LogP contribution >= 0.6 is 0 Å². The Morgan fingerprint density at radius 3 is 1.36 bits per heavy atom. The maximum atomic E-state index is 12.8. The monoisotopic (exact) mass is 382 g/mol. The minimum atomic E-state index is -7.78. The van der Waals surface area contributed by atoms with Crippen LogP contribution in [0.4, 0.5) is 52.7 Å². The molecule has 0 fully saturated rings. The highest BCUT2D eigenvalue weighted by molar-refractivity contribution is 7.87. The van der Waals surface area contributed by atoms with Crippen molar-refractivity contribution in [1.29, 1.82) is 0 Å². The minimum Gasteiger partial charge on any atom is -0.241 e. The van der Waals surface area contributed by atoms with Crippen molar-refractivity contribution in [3.63, 3.8) is 0 Å². The van der Waals surface area contributed by atoms with Crippen LogP contribution in [0.5, 0.6) is 0 Å². The topological polar surface area (TPSA) is 43.4 Å². The van der Waals surface area contributed by atoms with Crippen LogP contribution in [0, 0.1) is 0 Å². The summed E-state index contributed by atoms with van der Waals surface area (Å²) in [6.07, 6.45) is -13.1. The van der Waals surface area contributed by atoms with Crippen molar-refractivity contribution in [2.24, 2.45) is 0 Å². The molecule has 0 aliphatic rings. The predicted octanol–water partition coefficient (Wildman–Crippen LogP) is 3.32. The molecule has 3 nitrogen and oxygen atoms in total. The molecule has 0 amide bonds. The van der Waals surface area contributed by atoms with Gasteiger partial charge in [-0.25, -0.2) is 4.39 Å².